The molecule has 2 heterocycles. The van der Waals surface area contributed by atoms with Crippen molar-refractivity contribution in [1.29, 1.82) is 0 Å². The van der Waals surface area contributed by atoms with Crippen molar-refractivity contribution in [2.75, 3.05) is 11.9 Å². The predicted octanol–water partition coefficient (Wildman–Crippen LogP) is 4.46. The zero-order valence-electron chi connectivity index (χ0n) is 12.9. The molecule has 0 saturated carbocycles. The van der Waals surface area contributed by atoms with E-state index >= 15 is 0 Å². The van der Waals surface area contributed by atoms with Gasteiger partial charge in [-0.1, -0.05) is 18.2 Å². The first kappa shape index (κ1) is 13.1. The maximum absolute atomic E-state index is 6.17. The van der Waals surface area contributed by atoms with Gasteiger partial charge in [-0.25, -0.2) is 0 Å². The molecule has 2 aliphatic rings. The molecule has 0 bridgehead atoms. The second-order valence-corrected chi connectivity index (χ2v) is 5.71. The van der Waals surface area contributed by atoms with E-state index < -0.39 is 0 Å². The number of rotatable bonds is 1. The summed E-state index contributed by atoms with van der Waals surface area (Å²) in [5.41, 5.74) is 2.22. The minimum absolute atomic E-state index is 0.242. The topological polar surface area (TPSA) is 24.9 Å². The number of aryl methyl sites for hydroxylation is 1. The second kappa shape index (κ2) is 4.70. The lowest BCUT2D eigenvalue weighted by atomic mass is 10.1. The molecule has 0 N–H and O–H groups in total. The fraction of sp³-hybridized carbons (Fsp3) is 0.222. The standard InChI is InChI=1S/C18H18N2O2/c1-12-8-9-16-18(17(12)20-11-10-19(3)13(20)2)22-15-7-5-4-6-14(15)21-16/h4-11,13H,1-3H3/t13-/m0/s1. The fourth-order valence-electron chi connectivity index (χ4n) is 2.88. The quantitative estimate of drug-likeness (QED) is 0.661. The van der Waals surface area contributed by atoms with E-state index in [0.717, 1.165) is 34.2 Å². The molecule has 0 unspecified atom stereocenters. The van der Waals surface area contributed by atoms with Crippen LogP contribution in [0.15, 0.2) is 48.8 Å². The van der Waals surface area contributed by atoms with Gasteiger partial charge in [-0.15, -0.1) is 0 Å². The number of benzene rings is 2. The van der Waals surface area contributed by atoms with Gasteiger partial charge in [-0.3, -0.25) is 0 Å². The van der Waals surface area contributed by atoms with Gasteiger partial charge in [0.2, 0.25) is 0 Å². The van der Waals surface area contributed by atoms with E-state index in [1.165, 1.54) is 0 Å². The molecular weight excluding hydrogens is 276 g/mol. The molecule has 2 aromatic rings. The van der Waals surface area contributed by atoms with Gasteiger partial charge in [-0.05, 0) is 37.6 Å². The van der Waals surface area contributed by atoms with Crippen LogP contribution in [0, 0.1) is 6.92 Å². The number of ether oxygens (including phenoxy) is 2. The van der Waals surface area contributed by atoms with Gasteiger partial charge in [0.05, 0.1) is 5.69 Å². The van der Waals surface area contributed by atoms with Crippen molar-refractivity contribution in [3.63, 3.8) is 0 Å². The molecule has 0 spiro atoms. The summed E-state index contributed by atoms with van der Waals surface area (Å²) >= 11 is 0. The van der Waals surface area contributed by atoms with Crippen LogP contribution in [0.25, 0.3) is 0 Å². The summed E-state index contributed by atoms with van der Waals surface area (Å²) in [6.07, 6.45) is 4.39. The Hall–Kier alpha value is -2.62. The molecule has 4 rings (SSSR count). The van der Waals surface area contributed by atoms with Gasteiger partial charge >= 0.3 is 0 Å². The van der Waals surface area contributed by atoms with Gasteiger partial charge in [-0.2, -0.15) is 0 Å². The summed E-state index contributed by atoms with van der Waals surface area (Å²) in [6, 6.07) is 11.8. The molecule has 2 aromatic carbocycles. The number of para-hydroxylation sites is 2. The third kappa shape index (κ3) is 1.84. The lowest BCUT2D eigenvalue weighted by molar-refractivity contribution is 0.353. The Balaban J connectivity index is 1.83. The van der Waals surface area contributed by atoms with Crippen molar-refractivity contribution < 1.29 is 9.47 Å². The summed E-state index contributed by atoms with van der Waals surface area (Å²) in [6.45, 7) is 4.26. The minimum atomic E-state index is 0.242. The number of anilines is 1. The van der Waals surface area contributed by atoms with Crippen molar-refractivity contribution in [2.24, 2.45) is 0 Å². The summed E-state index contributed by atoms with van der Waals surface area (Å²) in [4.78, 5) is 4.38. The Morgan fingerprint density at radius 3 is 2.32 bits per heavy atom. The maximum atomic E-state index is 6.17. The first-order valence-electron chi connectivity index (χ1n) is 7.42. The third-order valence-corrected chi connectivity index (χ3v) is 4.29. The highest BCUT2D eigenvalue weighted by Crippen LogP contribution is 2.51. The van der Waals surface area contributed by atoms with E-state index in [-0.39, 0.29) is 6.17 Å². The molecule has 0 aliphatic carbocycles. The highest BCUT2D eigenvalue weighted by Gasteiger charge is 2.29. The van der Waals surface area contributed by atoms with E-state index in [1.54, 1.807) is 0 Å². The highest BCUT2D eigenvalue weighted by molar-refractivity contribution is 5.74. The summed E-state index contributed by atoms with van der Waals surface area (Å²) in [7, 11) is 2.07. The Labute approximate surface area is 130 Å². The predicted molar refractivity (Wildman–Crippen MR) is 86.6 cm³/mol. The molecule has 0 aromatic heterocycles. The SMILES string of the molecule is Cc1ccc2c(c1N1C=CN(C)[C@@H]1C)Oc1ccccc1O2. The molecule has 4 nitrogen and oxygen atoms in total. The third-order valence-electron chi connectivity index (χ3n) is 4.29. The van der Waals surface area contributed by atoms with Crippen molar-refractivity contribution in [2.45, 2.75) is 20.0 Å². The van der Waals surface area contributed by atoms with E-state index in [4.69, 9.17) is 9.47 Å². The van der Waals surface area contributed by atoms with Crippen LogP contribution < -0.4 is 14.4 Å². The first-order chi connectivity index (χ1) is 10.6. The largest absolute Gasteiger partial charge is 0.449 e. The van der Waals surface area contributed by atoms with Crippen molar-refractivity contribution >= 4 is 5.69 Å². The zero-order valence-corrected chi connectivity index (χ0v) is 12.9. The highest BCUT2D eigenvalue weighted by atomic mass is 16.6. The Kier molecular flexibility index (Phi) is 2.79. The molecule has 0 saturated heterocycles. The monoisotopic (exact) mass is 294 g/mol. The number of hydrogen-bond acceptors (Lipinski definition) is 4. The van der Waals surface area contributed by atoms with Gasteiger partial charge in [0.1, 0.15) is 6.17 Å². The Morgan fingerprint density at radius 1 is 0.909 bits per heavy atom. The maximum Gasteiger partial charge on any atom is 0.194 e. The molecule has 0 radical (unpaired) electrons. The molecule has 112 valence electrons. The van der Waals surface area contributed by atoms with Crippen LogP contribution in [-0.2, 0) is 0 Å². The number of hydrogen-bond donors (Lipinski definition) is 0. The molecule has 1 atom stereocenters. The van der Waals surface area contributed by atoms with Crippen LogP contribution in [0.3, 0.4) is 0 Å². The van der Waals surface area contributed by atoms with Crippen LogP contribution in [-0.4, -0.2) is 18.1 Å². The summed E-state index contributed by atoms with van der Waals surface area (Å²) in [5, 5.41) is 0. The Bertz CT molecular complexity index is 770. The van der Waals surface area contributed by atoms with E-state index in [0.29, 0.717) is 0 Å². The van der Waals surface area contributed by atoms with Gasteiger partial charge in [0.25, 0.3) is 0 Å². The smallest absolute Gasteiger partial charge is 0.194 e. The van der Waals surface area contributed by atoms with Crippen LogP contribution in [0.4, 0.5) is 5.69 Å². The summed E-state index contributed by atoms with van der Waals surface area (Å²) < 4.78 is 12.2. The van der Waals surface area contributed by atoms with Gasteiger partial charge in [0.15, 0.2) is 23.0 Å². The van der Waals surface area contributed by atoms with Crippen LogP contribution >= 0.6 is 0 Å². The van der Waals surface area contributed by atoms with Crippen LogP contribution in [0.5, 0.6) is 23.0 Å². The molecule has 4 heteroatoms. The normalized spacial score (nSPS) is 18.6. The molecule has 0 amide bonds. The van der Waals surface area contributed by atoms with E-state index in [9.17, 15) is 0 Å². The lowest BCUT2D eigenvalue weighted by Gasteiger charge is -2.32. The molecular formula is C18H18N2O2. The van der Waals surface area contributed by atoms with Gasteiger partial charge in [0, 0.05) is 19.4 Å². The Morgan fingerprint density at radius 2 is 1.64 bits per heavy atom. The number of fused-ring (bicyclic) bond motifs is 2. The second-order valence-electron chi connectivity index (χ2n) is 5.71. The van der Waals surface area contributed by atoms with E-state index in [2.05, 4.69) is 49.2 Å². The van der Waals surface area contributed by atoms with E-state index in [1.807, 2.05) is 30.3 Å². The summed E-state index contributed by atoms with van der Waals surface area (Å²) in [5.74, 6) is 3.05. The van der Waals surface area contributed by atoms with Gasteiger partial charge < -0.3 is 19.3 Å². The lowest BCUT2D eigenvalue weighted by Crippen LogP contribution is -2.34. The first-order valence-corrected chi connectivity index (χ1v) is 7.42. The van der Waals surface area contributed by atoms with Crippen LogP contribution in [0.1, 0.15) is 12.5 Å². The average Bonchev–Trinajstić information content (AvgIpc) is 2.85. The van der Waals surface area contributed by atoms with Crippen molar-refractivity contribution in [1.82, 2.24) is 4.90 Å². The van der Waals surface area contributed by atoms with Crippen LogP contribution in [0.2, 0.25) is 0 Å². The van der Waals surface area contributed by atoms with Crippen molar-refractivity contribution in [3.05, 3.63) is 54.4 Å². The molecule has 22 heavy (non-hydrogen) atoms. The number of nitrogens with zero attached hydrogens (tertiary/aromatic N) is 2. The zero-order chi connectivity index (χ0) is 15.3. The minimum Gasteiger partial charge on any atom is -0.449 e. The fourth-order valence-corrected chi connectivity index (χ4v) is 2.88. The molecule has 2 aliphatic heterocycles. The molecule has 0 fully saturated rings. The average molecular weight is 294 g/mol. The van der Waals surface area contributed by atoms with Crippen molar-refractivity contribution in [3.8, 4) is 23.0 Å².